The van der Waals surface area contributed by atoms with Crippen LogP contribution in [0.25, 0.3) is 0 Å². The second kappa shape index (κ2) is 5.06. The number of nitrogens with zero attached hydrogens (tertiary/aromatic N) is 3. The van der Waals surface area contributed by atoms with E-state index in [0.29, 0.717) is 5.56 Å². The summed E-state index contributed by atoms with van der Waals surface area (Å²) in [6.07, 6.45) is 2.97. The molecule has 1 aromatic carbocycles. The fraction of sp³-hybridized carbons (Fsp3) is 0.214. The molecule has 1 aromatic heterocycles. The highest BCUT2D eigenvalue weighted by Crippen LogP contribution is 2.11. The van der Waals surface area contributed by atoms with E-state index in [0.717, 1.165) is 15.8 Å². The van der Waals surface area contributed by atoms with E-state index in [-0.39, 0.29) is 11.2 Å². The van der Waals surface area contributed by atoms with Crippen molar-refractivity contribution in [1.82, 2.24) is 9.13 Å². The number of aromatic nitrogens is 2. The first-order valence-corrected chi connectivity index (χ1v) is 5.86. The van der Waals surface area contributed by atoms with Crippen molar-refractivity contribution < 1.29 is 0 Å². The number of benzene rings is 1. The van der Waals surface area contributed by atoms with Crippen LogP contribution in [0.15, 0.2) is 45.0 Å². The molecule has 98 valence electrons. The lowest BCUT2D eigenvalue weighted by atomic mass is 10.2. The van der Waals surface area contributed by atoms with Gasteiger partial charge in [0, 0.05) is 26.5 Å². The SMILES string of the molecule is Cc1ccc(N=Cc2cn(C)c(=O)n(C)c2=O)cc1. The van der Waals surface area contributed by atoms with Gasteiger partial charge in [0.15, 0.2) is 0 Å². The van der Waals surface area contributed by atoms with Crippen LogP contribution in [-0.4, -0.2) is 15.3 Å². The van der Waals surface area contributed by atoms with E-state index in [4.69, 9.17) is 0 Å². The molecule has 0 amide bonds. The zero-order valence-electron chi connectivity index (χ0n) is 11.1. The lowest BCUT2D eigenvalue weighted by Gasteiger charge is -2.02. The number of aliphatic imine (C=N–C) groups is 1. The topological polar surface area (TPSA) is 56.4 Å². The van der Waals surface area contributed by atoms with Crippen LogP contribution in [0.5, 0.6) is 0 Å². The van der Waals surface area contributed by atoms with Crippen molar-refractivity contribution in [3.8, 4) is 0 Å². The van der Waals surface area contributed by atoms with Gasteiger partial charge in [-0.1, -0.05) is 17.7 Å². The largest absolute Gasteiger partial charge is 0.330 e. The third kappa shape index (κ3) is 2.70. The summed E-state index contributed by atoms with van der Waals surface area (Å²) in [6, 6.07) is 7.65. The summed E-state index contributed by atoms with van der Waals surface area (Å²) in [4.78, 5) is 27.6. The Balaban J connectivity index is 2.42. The van der Waals surface area contributed by atoms with Crippen LogP contribution >= 0.6 is 0 Å². The quantitative estimate of drug-likeness (QED) is 0.758. The van der Waals surface area contributed by atoms with Crippen LogP contribution in [0, 0.1) is 6.92 Å². The molecule has 0 spiro atoms. The molecule has 0 aliphatic carbocycles. The first-order chi connectivity index (χ1) is 8.99. The Morgan fingerprint density at radius 1 is 1.11 bits per heavy atom. The molecule has 2 aromatic rings. The molecule has 0 atom stereocenters. The molecule has 0 radical (unpaired) electrons. The molecule has 0 bridgehead atoms. The van der Waals surface area contributed by atoms with Gasteiger partial charge in [-0.05, 0) is 19.1 Å². The Morgan fingerprint density at radius 2 is 1.74 bits per heavy atom. The monoisotopic (exact) mass is 257 g/mol. The molecule has 2 rings (SSSR count). The molecular formula is C14H15N3O2. The minimum atomic E-state index is -0.350. The van der Waals surface area contributed by atoms with E-state index in [1.807, 2.05) is 31.2 Å². The van der Waals surface area contributed by atoms with Gasteiger partial charge in [-0.25, -0.2) is 4.79 Å². The predicted molar refractivity (Wildman–Crippen MR) is 75.4 cm³/mol. The maximum absolute atomic E-state index is 11.9. The minimum absolute atomic E-state index is 0.348. The average molecular weight is 257 g/mol. The molecule has 5 nitrogen and oxygen atoms in total. The maximum Gasteiger partial charge on any atom is 0.330 e. The normalized spacial score (nSPS) is 11.1. The van der Waals surface area contributed by atoms with E-state index >= 15 is 0 Å². The van der Waals surface area contributed by atoms with Gasteiger partial charge in [-0.2, -0.15) is 0 Å². The third-order valence-corrected chi connectivity index (χ3v) is 2.86. The predicted octanol–water partition coefficient (Wildman–Crippen LogP) is 1.14. The Kier molecular flexibility index (Phi) is 3.46. The van der Waals surface area contributed by atoms with Gasteiger partial charge in [-0.15, -0.1) is 0 Å². The molecule has 1 heterocycles. The van der Waals surface area contributed by atoms with Crippen LogP contribution in [0.1, 0.15) is 11.1 Å². The van der Waals surface area contributed by atoms with Gasteiger partial charge in [-0.3, -0.25) is 14.4 Å². The molecule has 0 aliphatic heterocycles. The maximum atomic E-state index is 11.9. The summed E-state index contributed by atoms with van der Waals surface area (Å²) in [6.45, 7) is 2.00. The van der Waals surface area contributed by atoms with E-state index in [1.165, 1.54) is 24.0 Å². The molecule has 0 unspecified atom stereocenters. The van der Waals surface area contributed by atoms with Gasteiger partial charge in [0.2, 0.25) is 0 Å². The number of rotatable bonds is 2. The highest BCUT2D eigenvalue weighted by Gasteiger charge is 2.04. The molecule has 0 aliphatic rings. The highest BCUT2D eigenvalue weighted by atomic mass is 16.2. The Hall–Kier alpha value is -2.43. The zero-order valence-corrected chi connectivity index (χ0v) is 11.1. The van der Waals surface area contributed by atoms with Crippen molar-refractivity contribution in [3.63, 3.8) is 0 Å². The first-order valence-electron chi connectivity index (χ1n) is 5.86. The molecule has 19 heavy (non-hydrogen) atoms. The van der Waals surface area contributed by atoms with Crippen molar-refractivity contribution in [2.45, 2.75) is 6.92 Å². The molecule has 0 fully saturated rings. The fourth-order valence-electron chi connectivity index (χ4n) is 1.70. The van der Waals surface area contributed by atoms with Gasteiger partial charge in [0.1, 0.15) is 0 Å². The summed E-state index contributed by atoms with van der Waals surface area (Å²) in [7, 11) is 3.05. The second-order valence-corrected chi connectivity index (χ2v) is 4.44. The highest BCUT2D eigenvalue weighted by molar-refractivity contribution is 5.80. The molecule has 5 heteroatoms. The Bertz CT molecular complexity index is 737. The first kappa shape index (κ1) is 13.0. The second-order valence-electron chi connectivity index (χ2n) is 4.44. The smallest absolute Gasteiger partial charge is 0.303 e. The average Bonchev–Trinajstić information content (AvgIpc) is 2.41. The lowest BCUT2D eigenvalue weighted by Crippen LogP contribution is -2.38. The van der Waals surface area contributed by atoms with Gasteiger partial charge in [0.05, 0.1) is 11.3 Å². The summed E-state index contributed by atoms with van der Waals surface area (Å²) in [5.41, 5.74) is 1.60. The molecule has 0 N–H and O–H groups in total. The summed E-state index contributed by atoms with van der Waals surface area (Å²) < 4.78 is 2.42. The number of hydrogen-bond donors (Lipinski definition) is 0. The van der Waals surface area contributed by atoms with Crippen LogP contribution in [0.4, 0.5) is 5.69 Å². The van der Waals surface area contributed by atoms with Crippen molar-refractivity contribution >= 4 is 11.9 Å². The summed E-state index contributed by atoms with van der Waals surface area (Å²) >= 11 is 0. The summed E-state index contributed by atoms with van der Waals surface area (Å²) in [5, 5.41) is 0. The van der Waals surface area contributed by atoms with Crippen LogP contribution in [0.3, 0.4) is 0 Å². The minimum Gasteiger partial charge on any atom is -0.303 e. The zero-order chi connectivity index (χ0) is 14.0. The van der Waals surface area contributed by atoms with E-state index in [2.05, 4.69) is 4.99 Å². The van der Waals surface area contributed by atoms with Crippen molar-refractivity contribution in [3.05, 3.63) is 62.4 Å². The van der Waals surface area contributed by atoms with Crippen LogP contribution in [0.2, 0.25) is 0 Å². The number of hydrogen-bond acceptors (Lipinski definition) is 3. The van der Waals surface area contributed by atoms with Gasteiger partial charge < -0.3 is 4.57 Å². The van der Waals surface area contributed by atoms with Crippen LogP contribution < -0.4 is 11.2 Å². The molecular weight excluding hydrogens is 242 g/mol. The molecule has 0 saturated carbocycles. The van der Waals surface area contributed by atoms with Gasteiger partial charge in [0.25, 0.3) is 5.56 Å². The van der Waals surface area contributed by atoms with Crippen LogP contribution in [-0.2, 0) is 14.1 Å². The Morgan fingerprint density at radius 3 is 2.37 bits per heavy atom. The molecule has 0 saturated heterocycles. The van der Waals surface area contributed by atoms with Crippen molar-refractivity contribution in [2.24, 2.45) is 19.1 Å². The standard InChI is InChI=1S/C14H15N3O2/c1-10-4-6-12(7-5-10)15-8-11-9-16(2)14(19)17(3)13(11)18/h4-9H,1-3H3. The van der Waals surface area contributed by atoms with Crippen molar-refractivity contribution in [1.29, 1.82) is 0 Å². The van der Waals surface area contributed by atoms with Crippen molar-refractivity contribution in [2.75, 3.05) is 0 Å². The Labute approximate surface area is 110 Å². The summed E-state index contributed by atoms with van der Waals surface area (Å²) in [5.74, 6) is 0. The lowest BCUT2D eigenvalue weighted by molar-refractivity contribution is 0.684. The van der Waals surface area contributed by atoms with E-state index < -0.39 is 0 Å². The third-order valence-electron chi connectivity index (χ3n) is 2.86. The van der Waals surface area contributed by atoms with E-state index in [9.17, 15) is 9.59 Å². The van der Waals surface area contributed by atoms with E-state index in [1.54, 1.807) is 7.05 Å². The fourth-order valence-corrected chi connectivity index (χ4v) is 1.70. The van der Waals surface area contributed by atoms with Gasteiger partial charge >= 0.3 is 5.69 Å². The number of aryl methyl sites for hydroxylation is 2.